The average Bonchev–Trinajstić information content (AvgIpc) is 2.35. The number of nitro groups is 1. The Hall–Kier alpha value is -1.29. The quantitative estimate of drug-likeness (QED) is 0.310. The van der Waals surface area contributed by atoms with Gasteiger partial charge in [0.05, 0.1) is 17.6 Å². The van der Waals surface area contributed by atoms with Crippen molar-refractivity contribution in [3.8, 4) is 5.75 Å². The van der Waals surface area contributed by atoms with Crippen molar-refractivity contribution in [2.24, 2.45) is 0 Å². The number of alkyl halides is 1. The molecule has 0 heterocycles. The van der Waals surface area contributed by atoms with Gasteiger partial charge in [-0.15, -0.1) is 11.6 Å². The second-order valence-electron chi connectivity index (χ2n) is 4.16. The monoisotopic (exact) mass is 271 g/mol. The lowest BCUT2D eigenvalue weighted by atomic mass is 10.2. The zero-order valence-electron chi connectivity index (χ0n) is 10.5. The zero-order valence-corrected chi connectivity index (χ0v) is 11.3. The van der Waals surface area contributed by atoms with E-state index in [9.17, 15) is 10.1 Å². The molecule has 5 heteroatoms. The van der Waals surface area contributed by atoms with E-state index in [1.165, 1.54) is 12.1 Å². The summed E-state index contributed by atoms with van der Waals surface area (Å²) in [5.41, 5.74) is 0.985. The molecule has 0 saturated heterocycles. The molecule has 0 atom stereocenters. The van der Waals surface area contributed by atoms with Crippen LogP contribution in [-0.4, -0.2) is 17.4 Å². The second kappa shape index (κ2) is 7.93. The smallest absolute Gasteiger partial charge is 0.273 e. The lowest BCUT2D eigenvalue weighted by Gasteiger charge is -2.08. The van der Waals surface area contributed by atoms with E-state index in [2.05, 4.69) is 0 Å². The minimum atomic E-state index is -0.410. The van der Waals surface area contributed by atoms with Gasteiger partial charge in [-0.3, -0.25) is 10.1 Å². The topological polar surface area (TPSA) is 52.4 Å². The highest BCUT2D eigenvalue weighted by atomic mass is 35.5. The first-order chi connectivity index (χ1) is 8.65. The molecule has 1 aromatic rings. The molecule has 100 valence electrons. The summed E-state index contributed by atoms with van der Waals surface area (Å²) in [6, 6.07) is 4.68. The normalized spacial score (nSPS) is 10.3. The maximum atomic E-state index is 10.7. The molecule has 0 aliphatic heterocycles. The van der Waals surface area contributed by atoms with Crippen LogP contribution in [0.1, 0.15) is 31.2 Å². The number of nitrogens with zero attached hydrogens (tertiary/aromatic N) is 1. The van der Waals surface area contributed by atoms with Crippen LogP contribution in [-0.2, 0) is 0 Å². The summed E-state index contributed by atoms with van der Waals surface area (Å²) in [4.78, 5) is 10.2. The molecule has 0 unspecified atom stereocenters. The molecule has 4 nitrogen and oxygen atoms in total. The molecule has 0 fully saturated rings. The van der Waals surface area contributed by atoms with Crippen molar-refractivity contribution in [1.29, 1.82) is 0 Å². The molecular formula is C13H18ClNO3. The van der Waals surface area contributed by atoms with Gasteiger partial charge < -0.3 is 4.74 Å². The Kier molecular flexibility index (Phi) is 6.50. The summed E-state index contributed by atoms with van der Waals surface area (Å²) < 4.78 is 5.57. The van der Waals surface area contributed by atoms with Crippen LogP contribution in [0.4, 0.5) is 5.69 Å². The van der Waals surface area contributed by atoms with Gasteiger partial charge in [-0.2, -0.15) is 0 Å². The van der Waals surface area contributed by atoms with E-state index in [1.54, 1.807) is 6.07 Å². The molecule has 18 heavy (non-hydrogen) atoms. The van der Waals surface area contributed by atoms with Crippen LogP contribution in [0.3, 0.4) is 0 Å². The molecule has 0 spiro atoms. The Morgan fingerprint density at radius 2 is 2.00 bits per heavy atom. The highest BCUT2D eigenvalue weighted by Gasteiger charge is 2.09. The third-order valence-electron chi connectivity index (χ3n) is 2.67. The van der Waals surface area contributed by atoms with E-state index >= 15 is 0 Å². The maximum absolute atomic E-state index is 10.7. The highest BCUT2D eigenvalue weighted by Crippen LogP contribution is 2.24. The van der Waals surface area contributed by atoms with E-state index < -0.39 is 4.92 Å². The predicted molar refractivity (Wildman–Crippen MR) is 72.5 cm³/mol. The van der Waals surface area contributed by atoms with Gasteiger partial charge in [0.25, 0.3) is 5.69 Å². The average molecular weight is 272 g/mol. The Balaban J connectivity index is 2.41. The minimum Gasteiger partial charge on any atom is -0.493 e. The number of nitro benzene ring substituents is 1. The Morgan fingerprint density at radius 3 is 2.67 bits per heavy atom. The van der Waals surface area contributed by atoms with Crippen molar-refractivity contribution in [2.45, 2.75) is 32.6 Å². The number of hydrogen-bond donors (Lipinski definition) is 0. The van der Waals surface area contributed by atoms with Crippen LogP contribution in [0.15, 0.2) is 18.2 Å². The maximum Gasteiger partial charge on any atom is 0.273 e. The fourth-order valence-electron chi connectivity index (χ4n) is 1.59. The lowest BCUT2D eigenvalue weighted by molar-refractivity contribution is -0.384. The van der Waals surface area contributed by atoms with Crippen molar-refractivity contribution >= 4 is 17.3 Å². The zero-order chi connectivity index (χ0) is 13.4. The van der Waals surface area contributed by atoms with Crippen molar-refractivity contribution in [3.63, 3.8) is 0 Å². The summed E-state index contributed by atoms with van der Waals surface area (Å²) in [6.45, 7) is 2.47. The van der Waals surface area contributed by atoms with E-state index in [1.807, 2.05) is 6.92 Å². The highest BCUT2D eigenvalue weighted by molar-refractivity contribution is 6.17. The van der Waals surface area contributed by atoms with Crippen LogP contribution in [0.5, 0.6) is 5.75 Å². The molecule has 0 aromatic heterocycles. The number of benzene rings is 1. The molecule has 0 aliphatic rings. The largest absolute Gasteiger partial charge is 0.493 e. The third kappa shape index (κ3) is 4.92. The minimum absolute atomic E-state index is 0.0674. The fourth-order valence-corrected chi connectivity index (χ4v) is 1.78. The molecule has 1 aromatic carbocycles. The standard InChI is InChI=1S/C13H18ClNO3/c1-11-6-7-12(15(16)17)10-13(11)18-9-5-3-2-4-8-14/h6-7,10H,2-5,8-9H2,1H3. The van der Waals surface area contributed by atoms with Crippen molar-refractivity contribution in [2.75, 3.05) is 12.5 Å². The Labute approximate surface area is 112 Å². The van der Waals surface area contributed by atoms with Crippen LogP contribution in [0.2, 0.25) is 0 Å². The number of unbranched alkanes of at least 4 members (excludes halogenated alkanes) is 3. The van der Waals surface area contributed by atoms with Gasteiger partial charge in [-0.05, 0) is 31.4 Å². The molecule has 0 radical (unpaired) electrons. The number of aryl methyl sites for hydroxylation is 1. The van der Waals surface area contributed by atoms with E-state index in [0.29, 0.717) is 18.2 Å². The van der Waals surface area contributed by atoms with E-state index in [-0.39, 0.29) is 5.69 Å². The van der Waals surface area contributed by atoms with Gasteiger partial charge >= 0.3 is 0 Å². The summed E-state index contributed by atoms with van der Waals surface area (Å²) in [6.07, 6.45) is 4.14. The van der Waals surface area contributed by atoms with Gasteiger partial charge in [0.15, 0.2) is 0 Å². The molecule has 0 saturated carbocycles. The molecule has 1 rings (SSSR count). The van der Waals surface area contributed by atoms with Crippen molar-refractivity contribution < 1.29 is 9.66 Å². The third-order valence-corrected chi connectivity index (χ3v) is 2.94. The van der Waals surface area contributed by atoms with Crippen molar-refractivity contribution in [3.05, 3.63) is 33.9 Å². The van der Waals surface area contributed by atoms with Crippen LogP contribution >= 0.6 is 11.6 Å². The van der Waals surface area contributed by atoms with Gasteiger partial charge in [0.2, 0.25) is 0 Å². The second-order valence-corrected chi connectivity index (χ2v) is 4.54. The molecule has 0 N–H and O–H groups in total. The molecular weight excluding hydrogens is 254 g/mol. The lowest BCUT2D eigenvalue weighted by Crippen LogP contribution is -2.00. The van der Waals surface area contributed by atoms with E-state index in [0.717, 1.165) is 31.2 Å². The summed E-state index contributed by atoms with van der Waals surface area (Å²) >= 11 is 5.58. The first kappa shape index (κ1) is 14.8. The molecule has 0 aliphatic carbocycles. The van der Waals surface area contributed by atoms with E-state index in [4.69, 9.17) is 16.3 Å². The SMILES string of the molecule is Cc1ccc([N+](=O)[O-])cc1OCCCCCCCl. The van der Waals surface area contributed by atoms with Crippen molar-refractivity contribution in [1.82, 2.24) is 0 Å². The summed E-state index contributed by atoms with van der Waals surface area (Å²) in [5.74, 6) is 1.30. The van der Waals surface area contributed by atoms with Crippen LogP contribution in [0, 0.1) is 17.0 Å². The van der Waals surface area contributed by atoms with Gasteiger partial charge in [0.1, 0.15) is 5.75 Å². The van der Waals surface area contributed by atoms with Crippen LogP contribution < -0.4 is 4.74 Å². The Bertz CT molecular complexity index is 396. The first-order valence-corrected chi connectivity index (χ1v) is 6.62. The summed E-state index contributed by atoms with van der Waals surface area (Å²) in [7, 11) is 0. The molecule has 0 bridgehead atoms. The predicted octanol–water partition coefficient (Wildman–Crippen LogP) is 4.08. The van der Waals surface area contributed by atoms with Gasteiger partial charge in [0, 0.05) is 11.9 Å². The van der Waals surface area contributed by atoms with Gasteiger partial charge in [-0.25, -0.2) is 0 Å². The fraction of sp³-hybridized carbons (Fsp3) is 0.538. The first-order valence-electron chi connectivity index (χ1n) is 6.09. The van der Waals surface area contributed by atoms with Crippen LogP contribution in [0.25, 0.3) is 0 Å². The number of non-ortho nitro benzene ring substituents is 1. The van der Waals surface area contributed by atoms with Gasteiger partial charge in [-0.1, -0.05) is 12.8 Å². The summed E-state index contributed by atoms with van der Waals surface area (Å²) in [5, 5.41) is 10.7. The number of rotatable bonds is 8. The number of hydrogen-bond acceptors (Lipinski definition) is 3. The molecule has 0 amide bonds. The number of ether oxygens (including phenoxy) is 1. The number of halogens is 1. The Morgan fingerprint density at radius 1 is 1.28 bits per heavy atom.